The fourth-order valence-corrected chi connectivity index (χ4v) is 2.20. The maximum atomic E-state index is 11.5. The van der Waals surface area contributed by atoms with Crippen molar-refractivity contribution < 1.29 is 23.8 Å². The van der Waals surface area contributed by atoms with Gasteiger partial charge in [0.2, 0.25) is 0 Å². The Morgan fingerprint density at radius 1 is 0.955 bits per heavy atom. The summed E-state index contributed by atoms with van der Waals surface area (Å²) in [6, 6.07) is 3.75. The van der Waals surface area contributed by atoms with E-state index in [2.05, 4.69) is 0 Å². The number of benzene rings is 1. The Morgan fingerprint density at radius 3 is 1.86 bits per heavy atom. The number of hydrogen-bond donors (Lipinski definition) is 0. The molecule has 0 heterocycles. The lowest BCUT2D eigenvalue weighted by Crippen LogP contribution is -2.06. The number of methoxy groups -OCH3 is 2. The molecule has 0 atom stereocenters. The van der Waals surface area contributed by atoms with Gasteiger partial charge in [-0.25, -0.2) is 0 Å². The van der Waals surface area contributed by atoms with Gasteiger partial charge in [0, 0.05) is 12.8 Å². The Bertz CT molecular complexity index is 522. The Hall–Kier alpha value is -2.04. The first kappa shape index (κ1) is 18.0. The zero-order valence-electron chi connectivity index (χ0n) is 13.7. The van der Waals surface area contributed by atoms with Crippen LogP contribution in [0.1, 0.15) is 37.8 Å². The van der Waals surface area contributed by atoms with E-state index in [4.69, 9.17) is 14.2 Å². The van der Waals surface area contributed by atoms with E-state index < -0.39 is 0 Å². The lowest BCUT2D eigenvalue weighted by molar-refractivity contribution is -0.143. The molecule has 0 amide bonds. The van der Waals surface area contributed by atoms with Crippen molar-refractivity contribution in [3.05, 3.63) is 23.3 Å². The van der Waals surface area contributed by atoms with Crippen LogP contribution >= 0.6 is 0 Å². The number of hydrogen-bond acceptors (Lipinski definition) is 5. The van der Waals surface area contributed by atoms with Crippen LogP contribution in [0.3, 0.4) is 0 Å². The van der Waals surface area contributed by atoms with Crippen LogP contribution in [-0.4, -0.2) is 32.6 Å². The first-order chi connectivity index (χ1) is 10.5. The number of ketones is 1. The monoisotopic (exact) mass is 308 g/mol. The second-order valence-electron chi connectivity index (χ2n) is 4.98. The predicted molar refractivity (Wildman–Crippen MR) is 83.5 cm³/mol. The smallest absolute Gasteiger partial charge is 0.306 e. The molecular weight excluding hydrogens is 284 g/mol. The summed E-state index contributed by atoms with van der Waals surface area (Å²) in [6.45, 7) is 3.73. The highest BCUT2D eigenvalue weighted by Crippen LogP contribution is 2.30. The molecule has 1 rings (SSSR count). The Kier molecular flexibility index (Phi) is 7.43. The molecule has 1 aromatic carbocycles. The second-order valence-corrected chi connectivity index (χ2v) is 4.98. The first-order valence-electron chi connectivity index (χ1n) is 7.40. The third kappa shape index (κ3) is 5.39. The van der Waals surface area contributed by atoms with E-state index in [0.717, 1.165) is 11.1 Å². The summed E-state index contributed by atoms with van der Waals surface area (Å²) in [5.41, 5.74) is 1.81. The molecule has 0 fully saturated rings. The SMILES string of the molecule is CCOC(=O)CCc1cc(OC)c(CCC(C)=O)cc1OC. The minimum absolute atomic E-state index is 0.132. The third-order valence-corrected chi connectivity index (χ3v) is 3.33. The van der Waals surface area contributed by atoms with Crippen LogP contribution < -0.4 is 9.47 Å². The largest absolute Gasteiger partial charge is 0.496 e. The molecule has 0 aromatic heterocycles. The van der Waals surface area contributed by atoms with Crippen LogP contribution in [0, 0.1) is 0 Å². The highest BCUT2D eigenvalue weighted by Gasteiger charge is 2.13. The van der Waals surface area contributed by atoms with E-state index in [9.17, 15) is 9.59 Å². The zero-order chi connectivity index (χ0) is 16.5. The number of aryl methyl sites for hydroxylation is 2. The molecule has 0 saturated heterocycles. The lowest BCUT2D eigenvalue weighted by Gasteiger charge is -2.14. The third-order valence-electron chi connectivity index (χ3n) is 3.33. The summed E-state index contributed by atoms with van der Waals surface area (Å²) in [5.74, 6) is 1.31. The van der Waals surface area contributed by atoms with Gasteiger partial charge < -0.3 is 19.0 Å². The van der Waals surface area contributed by atoms with Crippen molar-refractivity contribution in [2.75, 3.05) is 20.8 Å². The van der Waals surface area contributed by atoms with Crippen molar-refractivity contribution in [3.8, 4) is 11.5 Å². The van der Waals surface area contributed by atoms with Crippen molar-refractivity contribution in [3.63, 3.8) is 0 Å². The van der Waals surface area contributed by atoms with Gasteiger partial charge in [0.15, 0.2) is 0 Å². The zero-order valence-corrected chi connectivity index (χ0v) is 13.7. The summed E-state index contributed by atoms with van der Waals surface area (Å²) < 4.78 is 15.7. The fourth-order valence-electron chi connectivity index (χ4n) is 2.20. The number of carbonyl (C=O) groups excluding carboxylic acids is 2. The lowest BCUT2D eigenvalue weighted by atomic mass is 10.0. The van der Waals surface area contributed by atoms with Gasteiger partial charge in [-0.2, -0.15) is 0 Å². The average Bonchev–Trinajstić information content (AvgIpc) is 2.50. The molecule has 0 N–H and O–H groups in total. The van der Waals surface area contributed by atoms with Crippen LogP contribution in [0.5, 0.6) is 11.5 Å². The van der Waals surface area contributed by atoms with Gasteiger partial charge in [0.1, 0.15) is 17.3 Å². The van der Waals surface area contributed by atoms with Crippen molar-refractivity contribution in [2.45, 2.75) is 39.5 Å². The number of carbonyl (C=O) groups is 2. The van der Waals surface area contributed by atoms with Crippen LogP contribution in [0.15, 0.2) is 12.1 Å². The number of ether oxygens (including phenoxy) is 3. The minimum Gasteiger partial charge on any atom is -0.496 e. The molecule has 122 valence electrons. The first-order valence-corrected chi connectivity index (χ1v) is 7.40. The van der Waals surface area contributed by atoms with Gasteiger partial charge in [-0.15, -0.1) is 0 Å². The van der Waals surface area contributed by atoms with Gasteiger partial charge in [0.25, 0.3) is 0 Å². The molecule has 0 saturated carbocycles. The molecule has 0 aliphatic rings. The number of Topliss-reactive ketones (excluding diaryl/α,β-unsaturated/α-hetero) is 1. The van der Waals surface area contributed by atoms with Gasteiger partial charge in [-0.1, -0.05) is 0 Å². The summed E-state index contributed by atoms with van der Waals surface area (Å²) in [7, 11) is 3.18. The molecule has 5 nitrogen and oxygen atoms in total. The summed E-state index contributed by atoms with van der Waals surface area (Å²) in [5, 5.41) is 0. The molecule has 5 heteroatoms. The maximum absolute atomic E-state index is 11.5. The Morgan fingerprint density at radius 2 is 1.45 bits per heavy atom. The van der Waals surface area contributed by atoms with Crippen molar-refractivity contribution >= 4 is 11.8 Å². The van der Waals surface area contributed by atoms with Crippen molar-refractivity contribution in [1.29, 1.82) is 0 Å². The number of rotatable bonds is 9. The molecule has 0 aliphatic carbocycles. The second kappa shape index (κ2) is 9.07. The summed E-state index contributed by atoms with van der Waals surface area (Å²) >= 11 is 0. The fraction of sp³-hybridized carbons (Fsp3) is 0.529. The van der Waals surface area contributed by atoms with Gasteiger partial charge in [-0.05, 0) is 49.9 Å². The van der Waals surface area contributed by atoms with Gasteiger partial charge in [0.05, 0.1) is 20.8 Å². The molecule has 0 bridgehead atoms. The molecule has 1 aromatic rings. The topological polar surface area (TPSA) is 61.8 Å². The maximum Gasteiger partial charge on any atom is 0.306 e. The molecule has 0 radical (unpaired) electrons. The number of esters is 1. The van der Waals surface area contributed by atoms with Crippen LogP contribution in [0.25, 0.3) is 0 Å². The van der Waals surface area contributed by atoms with E-state index in [1.807, 2.05) is 12.1 Å². The van der Waals surface area contributed by atoms with E-state index in [1.54, 1.807) is 28.1 Å². The highest BCUT2D eigenvalue weighted by atomic mass is 16.5. The van der Waals surface area contributed by atoms with E-state index in [0.29, 0.717) is 43.8 Å². The minimum atomic E-state index is -0.232. The van der Waals surface area contributed by atoms with Crippen LogP contribution in [0.4, 0.5) is 0 Å². The van der Waals surface area contributed by atoms with Crippen molar-refractivity contribution in [1.82, 2.24) is 0 Å². The summed E-state index contributed by atoms with van der Waals surface area (Å²) in [6.07, 6.45) is 1.88. The van der Waals surface area contributed by atoms with Crippen molar-refractivity contribution in [2.24, 2.45) is 0 Å². The highest BCUT2D eigenvalue weighted by molar-refractivity contribution is 5.76. The standard InChI is InChI=1S/C17H24O5/c1-5-22-17(19)9-8-14-11-15(20-3)13(7-6-12(2)18)10-16(14)21-4/h10-11H,5-9H2,1-4H3. The Balaban J connectivity index is 2.93. The predicted octanol–water partition coefficient (Wildman–Crippen LogP) is 2.72. The average molecular weight is 308 g/mol. The molecule has 22 heavy (non-hydrogen) atoms. The normalized spacial score (nSPS) is 10.2. The van der Waals surface area contributed by atoms with Crippen LogP contribution in [-0.2, 0) is 27.2 Å². The molecular formula is C17H24O5. The quantitative estimate of drug-likeness (QED) is 0.656. The van der Waals surface area contributed by atoms with Crippen LogP contribution in [0.2, 0.25) is 0 Å². The van der Waals surface area contributed by atoms with E-state index in [1.165, 1.54) is 0 Å². The van der Waals surface area contributed by atoms with Gasteiger partial charge in [-0.3, -0.25) is 4.79 Å². The Labute approximate surface area is 131 Å². The molecule has 0 unspecified atom stereocenters. The summed E-state index contributed by atoms with van der Waals surface area (Å²) in [4.78, 5) is 22.6. The molecule has 0 aliphatic heterocycles. The van der Waals surface area contributed by atoms with Gasteiger partial charge >= 0.3 is 5.97 Å². The van der Waals surface area contributed by atoms with E-state index >= 15 is 0 Å². The van der Waals surface area contributed by atoms with E-state index in [-0.39, 0.29) is 11.8 Å². The molecule has 0 spiro atoms.